The van der Waals surface area contributed by atoms with Crippen LogP contribution in [0.1, 0.15) is 120 Å². The third kappa shape index (κ3) is 11.6. The first-order valence-electron chi connectivity index (χ1n) is 20.6. The van der Waals surface area contributed by atoms with Gasteiger partial charge in [0.05, 0.1) is 23.5 Å². The molecule has 54 heavy (non-hydrogen) atoms. The summed E-state index contributed by atoms with van der Waals surface area (Å²) in [5.41, 5.74) is 5.07. The van der Waals surface area contributed by atoms with Gasteiger partial charge in [0, 0.05) is 42.6 Å². The van der Waals surface area contributed by atoms with Crippen molar-refractivity contribution >= 4 is 39.8 Å². The molecule has 4 aromatic rings. The summed E-state index contributed by atoms with van der Waals surface area (Å²) in [5.74, 6) is 0.474. The number of amides is 3. The number of ether oxygens (including phenoxy) is 1. The van der Waals surface area contributed by atoms with Crippen LogP contribution in [0.5, 0.6) is 11.5 Å². The van der Waals surface area contributed by atoms with Crippen LogP contribution in [0.15, 0.2) is 72.8 Å². The molecule has 8 heteroatoms. The van der Waals surface area contributed by atoms with Crippen LogP contribution < -0.4 is 25.2 Å². The average molecular weight is 737 g/mol. The molecule has 3 N–H and O–H groups in total. The number of anilines is 3. The fraction of sp³-hybridized carbons (Fsp3) is 0.478. The zero-order chi connectivity index (χ0) is 38.7. The molecule has 0 fully saturated rings. The van der Waals surface area contributed by atoms with Crippen molar-refractivity contribution in [3.8, 4) is 11.5 Å². The second-order valence-electron chi connectivity index (χ2n) is 14.1. The van der Waals surface area contributed by atoms with E-state index in [1.807, 2.05) is 42.5 Å². The number of urea groups is 1. The normalized spacial score (nSPS) is 11.1. The minimum Gasteiger partial charge on any atom is -0.506 e. The molecule has 0 saturated heterocycles. The smallest absolute Gasteiger partial charge is 0.326 e. The second-order valence-corrected chi connectivity index (χ2v) is 14.1. The zero-order valence-electron chi connectivity index (χ0n) is 33.5. The van der Waals surface area contributed by atoms with Crippen molar-refractivity contribution in [1.82, 2.24) is 10.6 Å². The predicted molar refractivity (Wildman–Crippen MR) is 226 cm³/mol. The largest absolute Gasteiger partial charge is 0.506 e. The van der Waals surface area contributed by atoms with E-state index < -0.39 is 0 Å². The predicted octanol–water partition coefficient (Wildman–Crippen LogP) is 11.1. The number of benzene rings is 4. The summed E-state index contributed by atoms with van der Waals surface area (Å²) in [6.07, 6.45) is 12.7. The quantitative estimate of drug-likeness (QED) is 0.0659. The van der Waals surface area contributed by atoms with Crippen molar-refractivity contribution in [3.63, 3.8) is 0 Å². The highest BCUT2D eigenvalue weighted by Crippen LogP contribution is 2.40. The number of hydrogen-bond donors (Lipinski definition) is 3. The van der Waals surface area contributed by atoms with Crippen LogP contribution >= 0.6 is 0 Å². The molecule has 4 rings (SSSR count). The van der Waals surface area contributed by atoms with Crippen LogP contribution in [-0.2, 0) is 12.8 Å². The summed E-state index contributed by atoms with van der Waals surface area (Å²) in [7, 11) is 0. The van der Waals surface area contributed by atoms with Crippen molar-refractivity contribution in [2.24, 2.45) is 0 Å². The Hall–Kier alpha value is -4.72. The maximum atomic E-state index is 13.9. The van der Waals surface area contributed by atoms with Crippen LogP contribution in [-0.4, -0.2) is 49.8 Å². The molecule has 0 aromatic heterocycles. The van der Waals surface area contributed by atoms with Crippen LogP contribution in [0.2, 0.25) is 0 Å². The van der Waals surface area contributed by atoms with E-state index in [0.717, 1.165) is 69.5 Å². The van der Waals surface area contributed by atoms with Gasteiger partial charge in [-0.05, 0) is 106 Å². The highest BCUT2D eigenvalue weighted by atomic mass is 16.5. The van der Waals surface area contributed by atoms with Crippen LogP contribution in [0.4, 0.5) is 21.9 Å². The molecule has 0 saturated carbocycles. The third-order valence-electron chi connectivity index (χ3n) is 10.1. The van der Waals surface area contributed by atoms with E-state index in [0.29, 0.717) is 41.8 Å². The van der Waals surface area contributed by atoms with Crippen molar-refractivity contribution in [3.05, 3.63) is 89.5 Å². The molecule has 0 aliphatic heterocycles. The molecule has 0 radical (unpaired) electrons. The standard InChI is InChI=1S/C46H64N4O4/c1-6-11-14-20-35-24-29-43(36(33-35)21-15-12-7-2)54-32-19-18-31-47-45(52)41-34-42(39-22-16-17-23-40(39)44(41)51)50(46(53)48-30-13-8-3)38-27-25-37(26-28-38)49(9-4)10-5/h16-17,22-29,33-34,51H,6-15,18-21,30-32H2,1-5H3,(H,47,52)(H,48,53). The highest BCUT2D eigenvalue weighted by Gasteiger charge is 2.25. The van der Waals surface area contributed by atoms with E-state index in [4.69, 9.17) is 4.74 Å². The Kier molecular flexibility index (Phi) is 17.5. The second kappa shape index (κ2) is 22.5. The number of hydrogen-bond acceptors (Lipinski definition) is 5. The van der Waals surface area contributed by atoms with Gasteiger partial charge in [-0.2, -0.15) is 0 Å². The van der Waals surface area contributed by atoms with E-state index in [-0.39, 0.29) is 23.3 Å². The average Bonchev–Trinajstić information content (AvgIpc) is 3.19. The van der Waals surface area contributed by atoms with Gasteiger partial charge in [0.25, 0.3) is 5.91 Å². The van der Waals surface area contributed by atoms with Gasteiger partial charge >= 0.3 is 6.03 Å². The Labute approximate surface area is 324 Å². The van der Waals surface area contributed by atoms with Crippen LogP contribution in [0.25, 0.3) is 10.8 Å². The van der Waals surface area contributed by atoms with Gasteiger partial charge < -0.3 is 25.4 Å². The van der Waals surface area contributed by atoms with Gasteiger partial charge in [-0.1, -0.05) is 89.3 Å². The minimum absolute atomic E-state index is 0.104. The first-order valence-corrected chi connectivity index (χ1v) is 20.6. The molecule has 8 nitrogen and oxygen atoms in total. The lowest BCUT2D eigenvalue weighted by Gasteiger charge is -2.27. The van der Waals surface area contributed by atoms with E-state index >= 15 is 0 Å². The van der Waals surface area contributed by atoms with Crippen molar-refractivity contribution in [2.45, 2.75) is 112 Å². The van der Waals surface area contributed by atoms with E-state index in [1.54, 1.807) is 17.0 Å². The Morgan fingerprint density at radius 3 is 2.00 bits per heavy atom. The molecule has 0 unspecified atom stereocenters. The summed E-state index contributed by atoms with van der Waals surface area (Å²) >= 11 is 0. The van der Waals surface area contributed by atoms with E-state index in [1.165, 1.54) is 43.2 Å². The summed E-state index contributed by atoms with van der Waals surface area (Å²) in [6, 6.07) is 23.3. The molecule has 0 bridgehead atoms. The highest BCUT2D eigenvalue weighted by molar-refractivity contribution is 6.13. The monoisotopic (exact) mass is 736 g/mol. The fourth-order valence-electron chi connectivity index (χ4n) is 6.89. The number of nitrogens with zero attached hydrogens (tertiary/aromatic N) is 2. The van der Waals surface area contributed by atoms with Crippen molar-refractivity contribution < 1.29 is 19.4 Å². The molecule has 0 aliphatic carbocycles. The number of carbonyl (C=O) groups is 2. The zero-order valence-corrected chi connectivity index (χ0v) is 33.5. The lowest BCUT2D eigenvalue weighted by Crippen LogP contribution is -2.37. The number of nitrogens with one attached hydrogen (secondary N) is 2. The lowest BCUT2D eigenvalue weighted by molar-refractivity contribution is 0.0950. The number of aryl methyl sites for hydroxylation is 2. The van der Waals surface area contributed by atoms with Crippen molar-refractivity contribution in [2.75, 3.05) is 42.6 Å². The molecule has 4 aromatic carbocycles. The van der Waals surface area contributed by atoms with Gasteiger partial charge in [-0.15, -0.1) is 0 Å². The Balaban J connectivity index is 1.49. The molecular weight excluding hydrogens is 673 g/mol. The van der Waals surface area contributed by atoms with Crippen molar-refractivity contribution in [1.29, 1.82) is 0 Å². The van der Waals surface area contributed by atoms with Gasteiger partial charge in [-0.3, -0.25) is 9.69 Å². The molecule has 0 aliphatic rings. The Morgan fingerprint density at radius 1 is 0.667 bits per heavy atom. The molecule has 0 spiro atoms. The minimum atomic E-state index is -0.388. The number of unbranched alkanes of at least 4 members (excludes halogenated alkanes) is 6. The number of phenolic OH excluding ortho intramolecular Hbond substituents is 1. The summed E-state index contributed by atoms with van der Waals surface area (Å²) < 4.78 is 6.28. The van der Waals surface area contributed by atoms with Gasteiger partial charge in [0.15, 0.2) is 0 Å². The van der Waals surface area contributed by atoms with Gasteiger partial charge in [0.2, 0.25) is 0 Å². The molecule has 3 amide bonds. The first-order chi connectivity index (χ1) is 26.4. The molecule has 292 valence electrons. The number of phenols is 1. The van der Waals surface area contributed by atoms with E-state index in [2.05, 4.69) is 68.4 Å². The maximum Gasteiger partial charge on any atom is 0.326 e. The summed E-state index contributed by atoms with van der Waals surface area (Å²) in [4.78, 5) is 31.5. The summed E-state index contributed by atoms with van der Waals surface area (Å²) in [6.45, 7) is 14.1. The SMILES string of the molecule is CCCCCc1ccc(OCCCCNC(=O)c2cc(N(C(=O)NCCCC)c3ccc(N(CC)CC)cc3)c3ccccc3c2O)c(CCCCC)c1. The number of fused-ring (bicyclic) bond motifs is 1. The van der Waals surface area contributed by atoms with Crippen LogP contribution in [0, 0.1) is 0 Å². The van der Waals surface area contributed by atoms with Gasteiger partial charge in [-0.25, -0.2) is 4.79 Å². The van der Waals surface area contributed by atoms with Crippen LogP contribution in [0.3, 0.4) is 0 Å². The summed E-state index contributed by atoms with van der Waals surface area (Å²) in [5, 5.41) is 18.7. The number of rotatable bonds is 23. The number of aromatic hydroxyl groups is 1. The number of carbonyl (C=O) groups excluding carboxylic acids is 2. The lowest BCUT2D eigenvalue weighted by atomic mass is 10.00. The third-order valence-corrected chi connectivity index (χ3v) is 10.1. The Morgan fingerprint density at radius 2 is 1.31 bits per heavy atom. The molecule has 0 heterocycles. The molecular formula is C46H64N4O4. The molecule has 0 atom stereocenters. The van der Waals surface area contributed by atoms with Gasteiger partial charge in [0.1, 0.15) is 11.5 Å². The maximum absolute atomic E-state index is 13.9. The first kappa shape index (κ1) is 42.0. The Bertz CT molecular complexity index is 1750. The van der Waals surface area contributed by atoms with E-state index in [9.17, 15) is 14.7 Å². The topological polar surface area (TPSA) is 94.1 Å². The fourth-order valence-corrected chi connectivity index (χ4v) is 6.89.